The SMILES string of the molecule is CCCNC(=O)[C@H](CC)N(Cc1cccc(OC)c1)C(=O)CN(c1ccccc1OCC)S(=O)(=O)c1ccc(SC)cc1. The topological polar surface area (TPSA) is 105 Å². The van der Waals surface area contributed by atoms with E-state index in [-0.39, 0.29) is 23.0 Å². The fourth-order valence-corrected chi connectivity index (χ4v) is 6.41. The zero-order valence-corrected chi connectivity index (χ0v) is 27.0. The monoisotopic (exact) mass is 627 g/mol. The molecule has 11 heteroatoms. The maximum Gasteiger partial charge on any atom is 0.264 e. The first-order chi connectivity index (χ1) is 20.7. The van der Waals surface area contributed by atoms with E-state index < -0.39 is 28.5 Å². The number of para-hydroxylation sites is 2. The highest BCUT2D eigenvalue weighted by molar-refractivity contribution is 7.98. The molecule has 0 saturated heterocycles. The Balaban J connectivity index is 2.11. The number of sulfonamides is 1. The van der Waals surface area contributed by atoms with Crippen LogP contribution in [-0.4, -0.2) is 64.2 Å². The molecule has 0 bridgehead atoms. The summed E-state index contributed by atoms with van der Waals surface area (Å²) >= 11 is 1.50. The molecule has 232 valence electrons. The van der Waals surface area contributed by atoms with Crippen molar-refractivity contribution in [3.05, 3.63) is 78.4 Å². The van der Waals surface area contributed by atoms with E-state index in [1.807, 2.05) is 32.2 Å². The summed E-state index contributed by atoms with van der Waals surface area (Å²) in [5.41, 5.74) is 0.975. The number of hydrogen-bond acceptors (Lipinski definition) is 7. The van der Waals surface area contributed by atoms with Gasteiger partial charge in [-0.2, -0.15) is 0 Å². The molecule has 0 aromatic heterocycles. The van der Waals surface area contributed by atoms with Crippen molar-refractivity contribution < 1.29 is 27.5 Å². The number of carbonyl (C=O) groups excluding carboxylic acids is 2. The van der Waals surface area contributed by atoms with Crippen LogP contribution in [0.1, 0.15) is 39.2 Å². The van der Waals surface area contributed by atoms with E-state index in [1.165, 1.54) is 28.8 Å². The van der Waals surface area contributed by atoms with Crippen LogP contribution in [0.4, 0.5) is 5.69 Å². The zero-order valence-electron chi connectivity index (χ0n) is 25.4. The van der Waals surface area contributed by atoms with Gasteiger partial charge in [0.05, 0.1) is 24.3 Å². The Kier molecular flexibility index (Phi) is 12.8. The van der Waals surface area contributed by atoms with Gasteiger partial charge in [-0.25, -0.2) is 8.42 Å². The van der Waals surface area contributed by atoms with Crippen molar-refractivity contribution in [3.8, 4) is 11.5 Å². The third-order valence-corrected chi connectivity index (χ3v) is 9.30. The highest BCUT2D eigenvalue weighted by Crippen LogP contribution is 2.33. The first kappa shape index (κ1) is 33.8. The van der Waals surface area contributed by atoms with Gasteiger partial charge in [0.1, 0.15) is 24.1 Å². The van der Waals surface area contributed by atoms with Crippen LogP contribution in [0, 0.1) is 0 Å². The summed E-state index contributed by atoms with van der Waals surface area (Å²) in [6.45, 7) is 5.89. The fraction of sp³-hybridized carbons (Fsp3) is 0.375. The number of carbonyl (C=O) groups is 2. The molecule has 0 spiro atoms. The van der Waals surface area contributed by atoms with Crippen LogP contribution < -0.4 is 19.1 Å². The number of thioether (sulfide) groups is 1. The number of anilines is 1. The number of benzene rings is 3. The van der Waals surface area contributed by atoms with Crippen LogP contribution in [0.15, 0.2) is 82.6 Å². The van der Waals surface area contributed by atoms with Crippen molar-refractivity contribution in [2.45, 2.75) is 56.0 Å². The highest BCUT2D eigenvalue weighted by Gasteiger charge is 2.34. The first-order valence-electron chi connectivity index (χ1n) is 14.3. The predicted octanol–water partition coefficient (Wildman–Crippen LogP) is 5.34. The molecular formula is C32H41N3O6S2. The van der Waals surface area contributed by atoms with Gasteiger partial charge < -0.3 is 19.7 Å². The number of hydrogen-bond donors (Lipinski definition) is 1. The lowest BCUT2D eigenvalue weighted by Crippen LogP contribution is -2.52. The second-order valence-corrected chi connectivity index (χ2v) is 12.4. The van der Waals surface area contributed by atoms with Crippen molar-refractivity contribution in [2.24, 2.45) is 0 Å². The van der Waals surface area contributed by atoms with Gasteiger partial charge in [0, 0.05) is 18.0 Å². The van der Waals surface area contributed by atoms with E-state index in [2.05, 4.69) is 5.32 Å². The smallest absolute Gasteiger partial charge is 0.264 e. The Labute approximate surface area is 259 Å². The van der Waals surface area contributed by atoms with Crippen molar-refractivity contribution in [1.29, 1.82) is 0 Å². The number of ether oxygens (including phenoxy) is 2. The number of nitrogens with one attached hydrogen (secondary N) is 1. The number of rotatable bonds is 16. The normalized spacial score (nSPS) is 11.8. The van der Waals surface area contributed by atoms with Crippen LogP contribution in [0.2, 0.25) is 0 Å². The fourth-order valence-electron chi connectivity index (χ4n) is 4.58. The van der Waals surface area contributed by atoms with Crippen molar-refractivity contribution in [2.75, 3.05) is 37.4 Å². The van der Waals surface area contributed by atoms with Gasteiger partial charge in [0.2, 0.25) is 11.8 Å². The molecule has 3 aromatic carbocycles. The zero-order chi connectivity index (χ0) is 31.4. The Hall–Kier alpha value is -3.70. The lowest BCUT2D eigenvalue weighted by atomic mass is 10.1. The largest absolute Gasteiger partial charge is 0.497 e. The van der Waals surface area contributed by atoms with Crippen LogP contribution in [0.3, 0.4) is 0 Å². The maximum atomic E-state index is 14.3. The average molecular weight is 628 g/mol. The van der Waals surface area contributed by atoms with Gasteiger partial charge in [-0.3, -0.25) is 13.9 Å². The van der Waals surface area contributed by atoms with Gasteiger partial charge in [0.15, 0.2) is 0 Å². The molecule has 3 rings (SSSR count). The second-order valence-electron chi connectivity index (χ2n) is 9.68. The molecule has 0 aliphatic heterocycles. The Morgan fingerprint density at radius 1 is 0.977 bits per heavy atom. The summed E-state index contributed by atoms with van der Waals surface area (Å²) in [7, 11) is -2.67. The molecule has 9 nitrogen and oxygen atoms in total. The number of nitrogens with zero attached hydrogens (tertiary/aromatic N) is 2. The minimum atomic E-state index is -4.22. The molecule has 3 aromatic rings. The third-order valence-electron chi connectivity index (χ3n) is 6.78. The Morgan fingerprint density at radius 3 is 2.33 bits per heavy atom. The molecule has 0 aliphatic rings. The summed E-state index contributed by atoms with van der Waals surface area (Å²) in [5.74, 6) is 0.111. The van der Waals surface area contributed by atoms with Gasteiger partial charge in [-0.1, -0.05) is 38.1 Å². The van der Waals surface area contributed by atoms with Crippen LogP contribution in [-0.2, 0) is 26.2 Å². The van der Waals surface area contributed by atoms with E-state index in [0.717, 1.165) is 21.2 Å². The van der Waals surface area contributed by atoms with Crippen LogP contribution in [0.5, 0.6) is 11.5 Å². The molecule has 1 atom stereocenters. The minimum Gasteiger partial charge on any atom is -0.497 e. The van der Waals surface area contributed by atoms with Gasteiger partial charge in [0.25, 0.3) is 10.0 Å². The quantitative estimate of drug-likeness (QED) is 0.214. The van der Waals surface area contributed by atoms with Gasteiger partial charge in [-0.05, 0) is 80.1 Å². The first-order valence-corrected chi connectivity index (χ1v) is 16.9. The minimum absolute atomic E-state index is 0.0384. The number of methoxy groups -OCH3 is 1. The van der Waals surface area contributed by atoms with Crippen LogP contribution >= 0.6 is 11.8 Å². The molecule has 0 fully saturated rings. The predicted molar refractivity (Wildman–Crippen MR) is 171 cm³/mol. The summed E-state index contributed by atoms with van der Waals surface area (Å²) in [6.07, 6.45) is 2.98. The van der Waals surface area contributed by atoms with Crippen molar-refractivity contribution in [1.82, 2.24) is 10.2 Å². The Morgan fingerprint density at radius 2 is 1.70 bits per heavy atom. The van der Waals surface area contributed by atoms with Gasteiger partial charge >= 0.3 is 0 Å². The third kappa shape index (κ3) is 8.67. The molecule has 0 saturated carbocycles. The van der Waals surface area contributed by atoms with E-state index in [1.54, 1.807) is 62.6 Å². The molecule has 0 radical (unpaired) electrons. The van der Waals surface area contributed by atoms with Crippen molar-refractivity contribution >= 4 is 39.3 Å². The van der Waals surface area contributed by atoms with Crippen LogP contribution in [0.25, 0.3) is 0 Å². The lowest BCUT2D eigenvalue weighted by molar-refractivity contribution is -0.140. The molecule has 1 N–H and O–H groups in total. The van der Waals surface area contributed by atoms with Gasteiger partial charge in [-0.15, -0.1) is 11.8 Å². The molecule has 0 aliphatic carbocycles. The van der Waals surface area contributed by atoms with E-state index in [9.17, 15) is 18.0 Å². The summed E-state index contributed by atoms with van der Waals surface area (Å²) in [6, 6.07) is 19.7. The highest BCUT2D eigenvalue weighted by atomic mass is 32.2. The lowest BCUT2D eigenvalue weighted by Gasteiger charge is -2.33. The summed E-state index contributed by atoms with van der Waals surface area (Å²) < 4.78 is 40.6. The molecule has 0 heterocycles. The molecular weight excluding hydrogens is 587 g/mol. The molecule has 0 unspecified atom stereocenters. The second kappa shape index (κ2) is 16.2. The Bertz CT molecular complexity index is 1460. The maximum absolute atomic E-state index is 14.3. The standard InChI is InChI=1S/C32H41N3O6S2/c1-6-20-33-32(37)28(7-2)34(22-24-12-11-13-25(21-24)40-4)31(36)23-35(29-14-9-10-15-30(29)41-8-3)43(38,39)27-18-16-26(42-5)17-19-27/h9-19,21,28H,6-8,20,22-23H2,1-5H3,(H,33,37)/t28-/m0/s1. The summed E-state index contributed by atoms with van der Waals surface area (Å²) in [4.78, 5) is 30.0. The van der Waals surface area contributed by atoms with Crippen molar-refractivity contribution in [3.63, 3.8) is 0 Å². The van der Waals surface area contributed by atoms with E-state index in [0.29, 0.717) is 31.1 Å². The average Bonchev–Trinajstić information content (AvgIpc) is 3.03. The van der Waals surface area contributed by atoms with E-state index >= 15 is 0 Å². The number of amides is 2. The molecule has 43 heavy (non-hydrogen) atoms. The summed E-state index contributed by atoms with van der Waals surface area (Å²) in [5, 5.41) is 2.89. The van der Waals surface area contributed by atoms with E-state index in [4.69, 9.17) is 9.47 Å². The molecule has 2 amide bonds.